The smallest absolute Gasteiger partial charge is 0.191 e. The van der Waals surface area contributed by atoms with E-state index in [1.54, 1.807) is 7.11 Å². The number of guanidine groups is 1. The van der Waals surface area contributed by atoms with E-state index in [1.807, 2.05) is 0 Å². The Hall–Kier alpha value is -1.63. The predicted octanol–water partition coefficient (Wildman–Crippen LogP) is 3.17. The van der Waals surface area contributed by atoms with E-state index in [0.717, 1.165) is 64.6 Å². The van der Waals surface area contributed by atoms with E-state index < -0.39 is 0 Å². The first-order valence-corrected chi connectivity index (χ1v) is 11.5. The van der Waals surface area contributed by atoms with Gasteiger partial charge in [0.1, 0.15) is 0 Å². The molecule has 1 unspecified atom stereocenters. The molecule has 0 saturated carbocycles. The molecule has 6 nitrogen and oxygen atoms in total. The van der Waals surface area contributed by atoms with Crippen LogP contribution < -0.4 is 16.0 Å². The lowest BCUT2D eigenvalue weighted by molar-refractivity contribution is 0.155. The van der Waals surface area contributed by atoms with Gasteiger partial charge >= 0.3 is 0 Å². The fourth-order valence-corrected chi connectivity index (χ4v) is 3.98. The van der Waals surface area contributed by atoms with Crippen molar-refractivity contribution >= 4 is 5.96 Å². The summed E-state index contributed by atoms with van der Waals surface area (Å²) in [5, 5.41) is 10.8. The monoisotopic (exact) mass is 417 g/mol. The van der Waals surface area contributed by atoms with Crippen molar-refractivity contribution in [1.29, 1.82) is 0 Å². The summed E-state index contributed by atoms with van der Waals surface area (Å²) >= 11 is 0. The van der Waals surface area contributed by atoms with Gasteiger partial charge in [-0.05, 0) is 52.5 Å². The Morgan fingerprint density at radius 1 is 1.23 bits per heavy atom. The van der Waals surface area contributed by atoms with E-state index in [1.165, 1.54) is 5.56 Å². The maximum Gasteiger partial charge on any atom is 0.191 e. The molecule has 1 saturated heterocycles. The SMILES string of the molecule is CCNC(=NCC(C)(C)NC(C)c1ccccc1)NC1CCN(CCCOC)CC1. The number of hydrogen-bond acceptors (Lipinski definition) is 4. The van der Waals surface area contributed by atoms with Crippen molar-refractivity contribution in [3.8, 4) is 0 Å². The number of nitrogens with zero attached hydrogens (tertiary/aromatic N) is 2. The van der Waals surface area contributed by atoms with Crippen molar-refractivity contribution < 1.29 is 4.74 Å². The highest BCUT2D eigenvalue weighted by Crippen LogP contribution is 2.16. The Morgan fingerprint density at radius 3 is 2.57 bits per heavy atom. The van der Waals surface area contributed by atoms with Crippen molar-refractivity contribution in [2.24, 2.45) is 4.99 Å². The van der Waals surface area contributed by atoms with Crippen molar-refractivity contribution in [1.82, 2.24) is 20.9 Å². The van der Waals surface area contributed by atoms with Gasteiger partial charge in [-0.25, -0.2) is 0 Å². The minimum absolute atomic E-state index is 0.0949. The van der Waals surface area contributed by atoms with Crippen LogP contribution >= 0.6 is 0 Å². The molecular weight excluding hydrogens is 374 g/mol. The fourth-order valence-electron chi connectivity index (χ4n) is 3.98. The van der Waals surface area contributed by atoms with Crippen LogP contribution in [0.4, 0.5) is 0 Å². The zero-order chi connectivity index (χ0) is 21.8. The first-order valence-electron chi connectivity index (χ1n) is 11.5. The normalized spacial score (nSPS) is 17.7. The number of hydrogen-bond donors (Lipinski definition) is 3. The van der Waals surface area contributed by atoms with Crippen LogP contribution in [0.1, 0.15) is 58.6 Å². The lowest BCUT2D eigenvalue weighted by atomic mass is 10.0. The van der Waals surface area contributed by atoms with Crippen LogP contribution in [0, 0.1) is 0 Å². The summed E-state index contributed by atoms with van der Waals surface area (Å²) in [4.78, 5) is 7.45. The molecule has 1 aromatic rings. The molecule has 1 aliphatic heterocycles. The topological polar surface area (TPSA) is 60.9 Å². The number of likely N-dealkylation sites (tertiary alicyclic amines) is 1. The second-order valence-electron chi connectivity index (χ2n) is 8.96. The number of rotatable bonds is 11. The minimum Gasteiger partial charge on any atom is -0.385 e. The number of nitrogens with one attached hydrogen (secondary N) is 3. The van der Waals surface area contributed by atoms with E-state index in [2.05, 4.69) is 78.9 Å². The Balaban J connectivity index is 1.83. The second kappa shape index (κ2) is 12.9. The first-order chi connectivity index (χ1) is 14.4. The molecule has 170 valence electrons. The number of aliphatic imine (C=N–C) groups is 1. The van der Waals surface area contributed by atoms with Crippen LogP contribution in [0.25, 0.3) is 0 Å². The Bertz CT molecular complexity index is 611. The highest BCUT2D eigenvalue weighted by molar-refractivity contribution is 5.80. The maximum absolute atomic E-state index is 5.17. The van der Waals surface area contributed by atoms with Gasteiger partial charge in [-0.15, -0.1) is 0 Å². The van der Waals surface area contributed by atoms with Crippen LogP contribution in [-0.4, -0.2) is 68.9 Å². The number of ether oxygens (including phenoxy) is 1. The summed E-state index contributed by atoms with van der Waals surface area (Å²) in [6.07, 6.45) is 3.43. The van der Waals surface area contributed by atoms with Crippen molar-refractivity contribution in [2.45, 2.75) is 64.6 Å². The molecule has 0 aromatic heterocycles. The van der Waals surface area contributed by atoms with Gasteiger partial charge in [0.25, 0.3) is 0 Å². The molecule has 1 aromatic carbocycles. The summed E-state index contributed by atoms with van der Waals surface area (Å²) in [6.45, 7) is 14.6. The van der Waals surface area contributed by atoms with Crippen molar-refractivity contribution in [3.63, 3.8) is 0 Å². The van der Waals surface area contributed by atoms with Crippen LogP contribution in [0.2, 0.25) is 0 Å². The van der Waals surface area contributed by atoms with Crippen molar-refractivity contribution in [2.75, 3.05) is 46.4 Å². The number of piperidine rings is 1. The highest BCUT2D eigenvalue weighted by atomic mass is 16.5. The maximum atomic E-state index is 5.17. The van der Waals surface area contributed by atoms with Gasteiger partial charge in [0.15, 0.2) is 5.96 Å². The molecule has 2 rings (SSSR count). The van der Waals surface area contributed by atoms with E-state index in [9.17, 15) is 0 Å². The molecule has 6 heteroatoms. The average molecular weight is 418 g/mol. The molecule has 0 amide bonds. The Labute approximate surface area is 183 Å². The fraction of sp³-hybridized carbons (Fsp3) is 0.708. The Kier molecular flexibility index (Phi) is 10.6. The molecule has 0 radical (unpaired) electrons. The molecule has 1 atom stereocenters. The highest BCUT2D eigenvalue weighted by Gasteiger charge is 2.22. The van der Waals surface area contributed by atoms with Gasteiger partial charge in [0.05, 0.1) is 6.54 Å². The molecule has 1 fully saturated rings. The summed E-state index contributed by atoms with van der Waals surface area (Å²) in [7, 11) is 1.77. The number of methoxy groups -OCH3 is 1. The lowest BCUT2D eigenvalue weighted by Crippen LogP contribution is -2.50. The van der Waals surface area contributed by atoms with Gasteiger partial charge in [-0.1, -0.05) is 30.3 Å². The largest absolute Gasteiger partial charge is 0.385 e. The predicted molar refractivity (Wildman–Crippen MR) is 127 cm³/mol. The Morgan fingerprint density at radius 2 is 1.93 bits per heavy atom. The second-order valence-corrected chi connectivity index (χ2v) is 8.96. The van der Waals surface area contributed by atoms with E-state index in [4.69, 9.17) is 9.73 Å². The van der Waals surface area contributed by atoms with E-state index in [0.29, 0.717) is 6.04 Å². The molecule has 0 spiro atoms. The van der Waals surface area contributed by atoms with Crippen LogP contribution in [0.3, 0.4) is 0 Å². The van der Waals surface area contributed by atoms with Gasteiger partial charge in [-0.2, -0.15) is 0 Å². The number of benzene rings is 1. The van der Waals surface area contributed by atoms with Crippen LogP contribution in [0.15, 0.2) is 35.3 Å². The first kappa shape index (κ1) is 24.6. The van der Waals surface area contributed by atoms with E-state index >= 15 is 0 Å². The molecular formula is C24H43N5O. The van der Waals surface area contributed by atoms with Crippen molar-refractivity contribution in [3.05, 3.63) is 35.9 Å². The lowest BCUT2D eigenvalue weighted by Gasteiger charge is -2.33. The third-order valence-electron chi connectivity index (χ3n) is 5.63. The van der Waals surface area contributed by atoms with Crippen LogP contribution in [0.5, 0.6) is 0 Å². The standard InChI is InChI=1S/C24H43N5O/c1-6-25-23(27-22-13-16-29(17-14-22)15-10-18-30-5)26-19-24(3,4)28-20(2)21-11-8-7-9-12-21/h7-9,11-12,20,22,28H,6,10,13-19H2,1-5H3,(H2,25,26,27). The molecule has 1 aliphatic rings. The van der Waals surface area contributed by atoms with Gasteiger partial charge in [-0.3, -0.25) is 4.99 Å². The zero-order valence-electron chi connectivity index (χ0n) is 19.7. The third kappa shape index (κ3) is 9.02. The zero-order valence-corrected chi connectivity index (χ0v) is 19.7. The molecule has 1 heterocycles. The van der Waals surface area contributed by atoms with Gasteiger partial charge in [0, 0.05) is 57.5 Å². The third-order valence-corrected chi connectivity index (χ3v) is 5.63. The molecule has 0 aliphatic carbocycles. The summed E-state index contributed by atoms with van der Waals surface area (Å²) in [6, 6.07) is 11.4. The van der Waals surface area contributed by atoms with E-state index in [-0.39, 0.29) is 11.6 Å². The average Bonchev–Trinajstić information content (AvgIpc) is 2.74. The summed E-state index contributed by atoms with van der Waals surface area (Å²) in [5.74, 6) is 0.928. The minimum atomic E-state index is -0.0949. The van der Waals surface area contributed by atoms with Crippen LogP contribution in [-0.2, 0) is 4.74 Å². The molecule has 3 N–H and O–H groups in total. The molecule has 30 heavy (non-hydrogen) atoms. The summed E-state index contributed by atoms with van der Waals surface area (Å²) < 4.78 is 5.17. The van der Waals surface area contributed by atoms with Gasteiger partial charge in [0.2, 0.25) is 0 Å². The van der Waals surface area contributed by atoms with Gasteiger partial charge < -0.3 is 25.6 Å². The quantitative estimate of drug-likeness (QED) is 0.293. The molecule has 0 bridgehead atoms. The summed E-state index contributed by atoms with van der Waals surface area (Å²) in [5.41, 5.74) is 1.21.